The van der Waals surface area contributed by atoms with Gasteiger partial charge in [0.05, 0.1) is 10.7 Å². The maximum absolute atomic E-state index is 14.0. The second-order valence-electron chi connectivity index (χ2n) is 7.99. The Bertz CT molecular complexity index is 1170. The van der Waals surface area contributed by atoms with Crippen molar-refractivity contribution in [1.82, 2.24) is 10.6 Å². The van der Waals surface area contributed by atoms with Gasteiger partial charge in [0, 0.05) is 22.7 Å². The first-order valence-corrected chi connectivity index (χ1v) is 11.3. The molecule has 3 rings (SSSR count). The molecular formula is C22H22ClF3N4O4S. The van der Waals surface area contributed by atoms with Crippen molar-refractivity contribution in [3.8, 4) is 22.6 Å². The standard InChI is InChI=1S/C22H22ClF3N4O4S/c23-18-14(31)7-6-13(29-21(34)28-11-4-2-1-3-5-11)16(18)12-8-10(19(35)30-20(27)33)9-15(32)17(12)22(24,25)26/h6-9,11,31-32H,1-5H2,(H2,28,29,34)(H3,27,30,33,35). The van der Waals surface area contributed by atoms with E-state index in [1.165, 1.54) is 6.07 Å². The van der Waals surface area contributed by atoms with E-state index in [4.69, 9.17) is 29.6 Å². The summed E-state index contributed by atoms with van der Waals surface area (Å²) in [4.78, 5) is 23.4. The summed E-state index contributed by atoms with van der Waals surface area (Å²) in [5.74, 6) is -1.77. The van der Waals surface area contributed by atoms with Crippen molar-refractivity contribution in [3.63, 3.8) is 0 Å². The molecule has 8 nitrogen and oxygen atoms in total. The number of hydrogen-bond donors (Lipinski definition) is 6. The second kappa shape index (κ2) is 10.6. The lowest BCUT2D eigenvalue weighted by Gasteiger charge is -2.24. The van der Waals surface area contributed by atoms with E-state index in [0.29, 0.717) is 6.07 Å². The van der Waals surface area contributed by atoms with Crippen molar-refractivity contribution >= 4 is 46.6 Å². The van der Waals surface area contributed by atoms with Gasteiger partial charge in [0.15, 0.2) is 0 Å². The van der Waals surface area contributed by atoms with Crippen LogP contribution in [-0.2, 0) is 6.18 Å². The number of nitrogens with two attached hydrogens (primary N) is 1. The van der Waals surface area contributed by atoms with Crippen molar-refractivity contribution in [2.75, 3.05) is 5.32 Å². The van der Waals surface area contributed by atoms with Gasteiger partial charge >= 0.3 is 18.2 Å². The quantitative estimate of drug-likeness (QED) is 0.237. The molecule has 0 atom stereocenters. The minimum atomic E-state index is -5.06. The Morgan fingerprint density at radius 1 is 1.09 bits per heavy atom. The Morgan fingerprint density at radius 3 is 2.34 bits per heavy atom. The maximum atomic E-state index is 14.0. The van der Waals surface area contributed by atoms with Gasteiger partial charge in [-0.3, -0.25) is 5.32 Å². The molecule has 0 aromatic heterocycles. The first-order valence-electron chi connectivity index (χ1n) is 10.5. The summed E-state index contributed by atoms with van der Waals surface area (Å²) in [6.07, 6.45) is -0.565. The molecule has 2 aromatic carbocycles. The third kappa shape index (κ3) is 6.25. The van der Waals surface area contributed by atoms with Gasteiger partial charge in [-0.15, -0.1) is 0 Å². The SMILES string of the molecule is NC(=O)NC(=S)c1cc(O)c(C(F)(F)F)c(-c2c(NC(=O)NC3CCCCC3)ccc(O)c2Cl)c1. The minimum Gasteiger partial charge on any atom is -0.507 e. The number of aromatic hydroxyl groups is 2. The molecule has 1 aliphatic carbocycles. The predicted octanol–water partition coefficient (Wildman–Crippen LogP) is 5.24. The minimum absolute atomic E-state index is 0.0878. The summed E-state index contributed by atoms with van der Waals surface area (Å²) in [6, 6.07) is 2.11. The zero-order chi connectivity index (χ0) is 25.9. The van der Waals surface area contributed by atoms with Gasteiger partial charge in [0.1, 0.15) is 22.1 Å². The number of halogens is 4. The van der Waals surface area contributed by atoms with Gasteiger partial charge in [-0.25, -0.2) is 9.59 Å². The first kappa shape index (κ1) is 26.4. The highest BCUT2D eigenvalue weighted by molar-refractivity contribution is 7.80. The van der Waals surface area contributed by atoms with Gasteiger partial charge in [-0.2, -0.15) is 13.2 Å². The van der Waals surface area contributed by atoms with Crippen molar-refractivity contribution in [2.24, 2.45) is 5.73 Å². The number of phenolic OH excluding ortho intramolecular Hbond substituents is 2. The number of amides is 4. The molecule has 0 aliphatic heterocycles. The predicted molar refractivity (Wildman–Crippen MR) is 129 cm³/mol. The third-order valence-electron chi connectivity index (χ3n) is 5.48. The second-order valence-corrected chi connectivity index (χ2v) is 8.77. The number of nitrogens with one attached hydrogen (secondary N) is 3. The van der Waals surface area contributed by atoms with E-state index in [2.05, 4.69) is 16.0 Å². The van der Waals surface area contributed by atoms with Gasteiger partial charge in [0.25, 0.3) is 0 Å². The molecule has 1 aliphatic rings. The van der Waals surface area contributed by atoms with Crippen LogP contribution in [0.4, 0.5) is 28.4 Å². The lowest BCUT2D eigenvalue weighted by molar-refractivity contribution is -0.138. The zero-order valence-electron chi connectivity index (χ0n) is 18.1. The van der Waals surface area contributed by atoms with Gasteiger partial charge in [0.2, 0.25) is 0 Å². The topological polar surface area (TPSA) is 137 Å². The maximum Gasteiger partial charge on any atom is 0.420 e. The molecular weight excluding hydrogens is 509 g/mol. The molecule has 4 amide bonds. The summed E-state index contributed by atoms with van der Waals surface area (Å²) < 4.78 is 42.0. The van der Waals surface area contributed by atoms with Crippen LogP contribution >= 0.6 is 23.8 Å². The molecule has 0 unspecified atom stereocenters. The zero-order valence-corrected chi connectivity index (χ0v) is 19.7. The molecule has 0 radical (unpaired) electrons. The number of thiocarbonyl (C=S) groups is 1. The smallest absolute Gasteiger partial charge is 0.420 e. The van der Waals surface area contributed by atoms with Crippen LogP contribution < -0.4 is 21.7 Å². The Labute approximate surface area is 208 Å². The summed E-state index contributed by atoms with van der Waals surface area (Å²) in [5.41, 5.74) is 2.12. The van der Waals surface area contributed by atoms with Crippen LogP contribution in [0.3, 0.4) is 0 Å². The van der Waals surface area contributed by atoms with E-state index < -0.39 is 51.5 Å². The van der Waals surface area contributed by atoms with Crippen LogP contribution in [0, 0.1) is 0 Å². The van der Waals surface area contributed by atoms with E-state index in [0.717, 1.165) is 44.2 Å². The van der Waals surface area contributed by atoms with E-state index in [1.54, 1.807) is 0 Å². The summed E-state index contributed by atoms with van der Waals surface area (Å²) in [6.45, 7) is 0. The van der Waals surface area contributed by atoms with Crippen LogP contribution in [0.15, 0.2) is 24.3 Å². The van der Waals surface area contributed by atoms with Crippen LogP contribution in [0.5, 0.6) is 11.5 Å². The number of benzene rings is 2. The van der Waals surface area contributed by atoms with Crippen LogP contribution in [-0.4, -0.2) is 33.3 Å². The van der Waals surface area contributed by atoms with Crippen LogP contribution in [0.25, 0.3) is 11.1 Å². The van der Waals surface area contributed by atoms with E-state index >= 15 is 0 Å². The average Bonchev–Trinajstić information content (AvgIpc) is 2.75. The van der Waals surface area contributed by atoms with Crippen molar-refractivity contribution in [1.29, 1.82) is 0 Å². The molecule has 0 spiro atoms. The number of hydrogen-bond acceptors (Lipinski definition) is 5. The highest BCUT2D eigenvalue weighted by atomic mass is 35.5. The van der Waals surface area contributed by atoms with Crippen molar-refractivity contribution < 1.29 is 33.0 Å². The average molecular weight is 531 g/mol. The summed E-state index contributed by atoms with van der Waals surface area (Å²) in [7, 11) is 0. The molecule has 188 valence electrons. The number of alkyl halides is 3. The van der Waals surface area contributed by atoms with E-state index in [1.807, 2.05) is 0 Å². The largest absolute Gasteiger partial charge is 0.507 e. The molecule has 1 fully saturated rings. The van der Waals surface area contributed by atoms with E-state index in [9.17, 15) is 33.0 Å². The van der Waals surface area contributed by atoms with E-state index in [-0.39, 0.29) is 22.3 Å². The molecule has 1 saturated carbocycles. The molecule has 0 heterocycles. The Hall–Kier alpha value is -3.25. The van der Waals surface area contributed by atoms with Crippen LogP contribution in [0.1, 0.15) is 43.2 Å². The molecule has 35 heavy (non-hydrogen) atoms. The number of carbonyl (C=O) groups is 2. The molecule has 0 saturated heterocycles. The fourth-order valence-corrected chi connectivity index (χ4v) is 4.45. The first-order chi connectivity index (χ1) is 16.4. The number of carbonyl (C=O) groups excluding carboxylic acids is 2. The number of primary amides is 1. The molecule has 7 N–H and O–H groups in total. The summed E-state index contributed by atoms with van der Waals surface area (Å²) in [5, 5.41) is 27.2. The number of anilines is 1. The highest BCUT2D eigenvalue weighted by Crippen LogP contribution is 2.49. The lowest BCUT2D eigenvalue weighted by atomic mass is 9.94. The third-order valence-corrected chi connectivity index (χ3v) is 6.20. The fraction of sp³-hybridized carbons (Fsp3) is 0.318. The molecule has 2 aromatic rings. The van der Waals surface area contributed by atoms with Crippen molar-refractivity contribution in [3.05, 3.63) is 40.4 Å². The Kier molecular flexibility index (Phi) is 7.96. The molecule has 0 bridgehead atoms. The van der Waals surface area contributed by atoms with Crippen LogP contribution in [0.2, 0.25) is 5.02 Å². The molecule has 13 heteroatoms. The van der Waals surface area contributed by atoms with Gasteiger partial charge < -0.3 is 26.6 Å². The number of urea groups is 2. The fourth-order valence-electron chi connectivity index (χ4n) is 3.96. The summed E-state index contributed by atoms with van der Waals surface area (Å²) >= 11 is 11.2. The normalized spacial score (nSPS) is 14.3. The highest BCUT2D eigenvalue weighted by Gasteiger charge is 2.39. The van der Waals surface area contributed by atoms with Gasteiger partial charge in [-0.1, -0.05) is 43.1 Å². The van der Waals surface area contributed by atoms with Crippen molar-refractivity contribution in [2.45, 2.75) is 44.3 Å². The van der Waals surface area contributed by atoms with Gasteiger partial charge in [-0.05, 0) is 37.1 Å². The number of rotatable bonds is 4. The monoisotopic (exact) mass is 530 g/mol. The Balaban J connectivity index is 2.14. The number of phenols is 2. The Morgan fingerprint density at radius 2 is 1.74 bits per heavy atom. The lowest BCUT2D eigenvalue weighted by Crippen LogP contribution is -2.39.